The fourth-order valence-corrected chi connectivity index (χ4v) is 3.13. The van der Waals surface area contributed by atoms with Gasteiger partial charge in [-0.1, -0.05) is 26.7 Å². The summed E-state index contributed by atoms with van der Waals surface area (Å²) in [6.45, 7) is 4.72. The van der Waals surface area contributed by atoms with Crippen molar-refractivity contribution in [3.05, 3.63) is 0 Å². The first kappa shape index (κ1) is 6.69. The normalized spacial score (nSPS) is 42.9. The first-order valence-corrected chi connectivity index (χ1v) is 4.83. The maximum Gasteiger partial charge on any atom is -0.0238 e. The van der Waals surface area contributed by atoms with Gasteiger partial charge in [0, 0.05) is 0 Å². The predicted molar refractivity (Wildman–Crippen MR) is 43.8 cm³/mol. The Hall–Kier alpha value is 0. The quantitative estimate of drug-likeness (QED) is 0.561. The summed E-state index contributed by atoms with van der Waals surface area (Å²) < 4.78 is 0. The van der Waals surface area contributed by atoms with Crippen molar-refractivity contribution in [1.29, 1.82) is 0 Å². The maximum absolute atomic E-state index is 2.36. The van der Waals surface area contributed by atoms with Crippen LogP contribution in [-0.4, -0.2) is 0 Å². The van der Waals surface area contributed by atoms with Crippen molar-refractivity contribution in [3.8, 4) is 0 Å². The van der Waals surface area contributed by atoms with Gasteiger partial charge in [0.1, 0.15) is 0 Å². The lowest BCUT2D eigenvalue weighted by Gasteiger charge is -2.33. The van der Waals surface area contributed by atoms with Crippen molar-refractivity contribution >= 4 is 0 Å². The van der Waals surface area contributed by atoms with Gasteiger partial charge in [0.25, 0.3) is 0 Å². The average molecular weight is 138 g/mol. The SMILES string of the molecule is CCC(CC)C12CCC1C2. The van der Waals surface area contributed by atoms with Crippen LogP contribution in [0.4, 0.5) is 0 Å². The minimum atomic E-state index is 0.906. The highest BCUT2D eigenvalue weighted by Crippen LogP contribution is 2.72. The van der Waals surface area contributed by atoms with Crippen LogP contribution in [0.1, 0.15) is 46.0 Å². The monoisotopic (exact) mass is 138 g/mol. The van der Waals surface area contributed by atoms with Crippen molar-refractivity contribution in [2.75, 3.05) is 0 Å². The van der Waals surface area contributed by atoms with E-state index in [1.54, 1.807) is 19.3 Å². The first-order chi connectivity index (χ1) is 4.83. The Bertz CT molecular complexity index is 131. The minimum Gasteiger partial charge on any atom is -0.0651 e. The second-order valence-electron chi connectivity index (χ2n) is 4.19. The summed E-state index contributed by atoms with van der Waals surface area (Å²) in [7, 11) is 0. The summed E-state index contributed by atoms with van der Waals surface area (Å²) in [5, 5.41) is 0. The Kier molecular flexibility index (Phi) is 1.33. The zero-order valence-corrected chi connectivity index (χ0v) is 7.19. The number of fused-ring (bicyclic) bond motifs is 1. The molecule has 0 heteroatoms. The second kappa shape index (κ2) is 1.99. The van der Waals surface area contributed by atoms with E-state index in [0.29, 0.717) is 0 Å². The molecule has 10 heavy (non-hydrogen) atoms. The van der Waals surface area contributed by atoms with E-state index >= 15 is 0 Å². The Morgan fingerprint density at radius 1 is 1.40 bits per heavy atom. The summed E-state index contributed by atoms with van der Waals surface area (Å²) in [4.78, 5) is 0. The fourth-order valence-electron chi connectivity index (χ4n) is 3.13. The molecule has 2 fully saturated rings. The largest absolute Gasteiger partial charge is 0.0651 e. The van der Waals surface area contributed by atoms with Crippen molar-refractivity contribution in [2.24, 2.45) is 17.3 Å². The summed E-state index contributed by atoms with van der Waals surface area (Å²) in [6.07, 6.45) is 7.54. The lowest BCUT2D eigenvalue weighted by Crippen LogP contribution is -2.23. The number of hydrogen-bond acceptors (Lipinski definition) is 0. The summed E-state index contributed by atoms with van der Waals surface area (Å²) in [6, 6.07) is 0. The van der Waals surface area contributed by atoms with Crippen LogP contribution in [-0.2, 0) is 0 Å². The van der Waals surface area contributed by atoms with E-state index in [1.807, 2.05) is 0 Å². The third kappa shape index (κ3) is 0.627. The molecule has 2 unspecified atom stereocenters. The van der Waals surface area contributed by atoms with Crippen LogP contribution in [0.15, 0.2) is 0 Å². The fraction of sp³-hybridized carbons (Fsp3) is 1.00. The zero-order valence-electron chi connectivity index (χ0n) is 7.19. The number of rotatable bonds is 3. The third-order valence-corrected chi connectivity index (χ3v) is 4.04. The highest BCUT2D eigenvalue weighted by atomic mass is 14.7. The predicted octanol–water partition coefficient (Wildman–Crippen LogP) is 3.22. The summed E-state index contributed by atoms with van der Waals surface area (Å²) in [5.41, 5.74) is 0.906. The van der Waals surface area contributed by atoms with E-state index in [1.165, 1.54) is 18.8 Å². The van der Waals surface area contributed by atoms with Crippen LogP contribution in [0.5, 0.6) is 0 Å². The topological polar surface area (TPSA) is 0 Å². The summed E-state index contributed by atoms with van der Waals surface area (Å²) in [5.74, 6) is 2.25. The molecular formula is C10H18. The Balaban J connectivity index is 1.97. The minimum absolute atomic E-state index is 0.906. The van der Waals surface area contributed by atoms with E-state index in [9.17, 15) is 0 Å². The molecule has 0 nitrogen and oxygen atoms in total. The summed E-state index contributed by atoms with van der Waals surface area (Å²) >= 11 is 0. The van der Waals surface area contributed by atoms with Crippen molar-refractivity contribution in [3.63, 3.8) is 0 Å². The van der Waals surface area contributed by atoms with Gasteiger partial charge in [0.05, 0.1) is 0 Å². The van der Waals surface area contributed by atoms with E-state index < -0.39 is 0 Å². The van der Waals surface area contributed by atoms with Gasteiger partial charge < -0.3 is 0 Å². The van der Waals surface area contributed by atoms with Crippen LogP contribution in [0, 0.1) is 17.3 Å². The first-order valence-electron chi connectivity index (χ1n) is 4.83. The highest BCUT2D eigenvalue weighted by molar-refractivity contribution is 5.12. The van der Waals surface area contributed by atoms with E-state index in [-0.39, 0.29) is 0 Å². The average Bonchev–Trinajstić information content (AvgIpc) is 2.42. The van der Waals surface area contributed by atoms with Crippen molar-refractivity contribution < 1.29 is 0 Å². The Labute approximate surface area is 64.0 Å². The van der Waals surface area contributed by atoms with Crippen LogP contribution in [0.25, 0.3) is 0 Å². The smallest absolute Gasteiger partial charge is 0.0238 e. The molecule has 2 rings (SSSR count). The van der Waals surface area contributed by atoms with Gasteiger partial charge in [0.2, 0.25) is 0 Å². The van der Waals surface area contributed by atoms with Crippen molar-refractivity contribution in [1.82, 2.24) is 0 Å². The Morgan fingerprint density at radius 3 is 2.20 bits per heavy atom. The van der Waals surface area contributed by atoms with Crippen molar-refractivity contribution in [2.45, 2.75) is 46.0 Å². The molecule has 0 bridgehead atoms. The van der Waals surface area contributed by atoms with Gasteiger partial charge in [-0.15, -0.1) is 0 Å². The molecule has 2 aliphatic carbocycles. The van der Waals surface area contributed by atoms with E-state index in [2.05, 4.69) is 13.8 Å². The van der Waals surface area contributed by atoms with Gasteiger partial charge in [-0.05, 0) is 36.5 Å². The standard InChI is InChI=1S/C10H18/c1-3-8(4-2)10-6-5-9(10)7-10/h8-9H,3-7H2,1-2H3. The highest BCUT2D eigenvalue weighted by Gasteiger charge is 2.63. The molecule has 0 aromatic rings. The molecule has 0 amide bonds. The van der Waals surface area contributed by atoms with Gasteiger partial charge in [-0.2, -0.15) is 0 Å². The molecule has 0 radical (unpaired) electrons. The van der Waals surface area contributed by atoms with Crippen LogP contribution in [0.2, 0.25) is 0 Å². The molecule has 2 atom stereocenters. The van der Waals surface area contributed by atoms with Crippen LogP contribution < -0.4 is 0 Å². The molecule has 0 aliphatic heterocycles. The van der Waals surface area contributed by atoms with Gasteiger partial charge in [-0.25, -0.2) is 0 Å². The van der Waals surface area contributed by atoms with Gasteiger partial charge in [-0.3, -0.25) is 0 Å². The lowest BCUT2D eigenvalue weighted by molar-refractivity contribution is 0.171. The van der Waals surface area contributed by atoms with Gasteiger partial charge >= 0.3 is 0 Å². The number of hydrogen-bond donors (Lipinski definition) is 0. The molecule has 0 heterocycles. The van der Waals surface area contributed by atoms with Gasteiger partial charge in [0.15, 0.2) is 0 Å². The zero-order chi connectivity index (χ0) is 7.19. The molecule has 58 valence electrons. The van der Waals surface area contributed by atoms with E-state index in [4.69, 9.17) is 0 Å². The molecule has 0 saturated heterocycles. The third-order valence-electron chi connectivity index (χ3n) is 4.04. The second-order valence-corrected chi connectivity index (χ2v) is 4.19. The molecule has 0 N–H and O–H groups in total. The maximum atomic E-state index is 2.36. The van der Waals surface area contributed by atoms with E-state index in [0.717, 1.165) is 11.3 Å². The molecular weight excluding hydrogens is 120 g/mol. The molecule has 0 aromatic heterocycles. The lowest BCUT2D eigenvalue weighted by atomic mass is 9.72. The molecule has 0 spiro atoms. The molecule has 2 saturated carbocycles. The molecule has 2 aliphatic rings. The van der Waals surface area contributed by atoms with Crippen LogP contribution >= 0.6 is 0 Å². The van der Waals surface area contributed by atoms with Crippen LogP contribution in [0.3, 0.4) is 0 Å². The molecule has 0 aromatic carbocycles. The Morgan fingerprint density at radius 2 is 2.10 bits per heavy atom.